The van der Waals surface area contributed by atoms with Crippen LogP contribution in [0.3, 0.4) is 0 Å². The molecule has 8 heteroatoms. The van der Waals surface area contributed by atoms with E-state index in [-0.39, 0.29) is 18.0 Å². The lowest BCUT2D eigenvalue weighted by Gasteiger charge is -2.36. The fourth-order valence-electron chi connectivity index (χ4n) is 3.49. The maximum Gasteiger partial charge on any atom is 0.345 e. The van der Waals surface area contributed by atoms with Crippen molar-refractivity contribution >= 4 is 11.9 Å². The number of nitrogens with one attached hydrogen (secondary N) is 1. The van der Waals surface area contributed by atoms with Gasteiger partial charge in [-0.2, -0.15) is 5.10 Å². The summed E-state index contributed by atoms with van der Waals surface area (Å²) in [4.78, 5) is 35.4. The van der Waals surface area contributed by atoms with Gasteiger partial charge < -0.3 is 10.4 Å². The zero-order valence-corrected chi connectivity index (χ0v) is 13.8. The van der Waals surface area contributed by atoms with Crippen LogP contribution in [0, 0.1) is 5.41 Å². The molecule has 1 aromatic heterocycles. The van der Waals surface area contributed by atoms with Crippen LogP contribution < -0.4 is 11.0 Å². The molecule has 132 valence electrons. The Balaban J connectivity index is 1.44. The van der Waals surface area contributed by atoms with E-state index in [1.54, 1.807) is 4.57 Å². The zero-order chi connectivity index (χ0) is 17.2. The first-order valence-corrected chi connectivity index (χ1v) is 8.68. The number of rotatable bonds is 7. The summed E-state index contributed by atoms with van der Waals surface area (Å²) >= 11 is 0. The molecule has 1 fully saturated rings. The number of hydrogen-bond donors (Lipinski definition) is 2. The van der Waals surface area contributed by atoms with Crippen LogP contribution in [0.2, 0.25) is 0 Å². The second kappa shape index (κ2) is 6.78. The van der Waals surface area contributed by atoms with Gasteiger partial charge in [0.05, 0.1) is 5.41 Å². The predicted molar refractivity (Wildman–Crippen MR) is 85.6 cm³/mol. The highest BCUT2D eigenvalue weighted by Gasteiger charge is 2.45. The molecular formula is C16H24N4O4. The van der Waals surface area contributed by atoms with E-state index in [4.69, 9.17) is 0 Å². The van der Waals surface area contributed by atoms with Gasteiger partial charge >= 0.3 is 11.7 Å². The lowest BCUT2D eigenvalue weighted by molar-refractivity contribution is -0.157. The summed E-state index contributed by atoms with van der Waals surface area (Å²) in [6.45, 7) is 1.62. The second-order valence-corrected chi connectivity index (χ2v) is 6.85. The molecule has 1 aromatic rings. The number of aryl methyl sites for hydroxylation is 2. The summed E-state index contributed by atoms with van der Waals surface area (Å²) in [5.41, 5.74) is -0.931. The molecule has 2 heterocycles. The van der Waals surface area contributed by atoms with E-state index >= 15 is 0 Å². The average Bonchev–Trinajstić information content (AvgIpc) is 2.84. The van der Waals surface area contributed by atoms with Gasteiger partial charge in [0.1, 0.15) is 5.82 Å². The van der Waals surface area contributed by atoms with Crippen molar-refractivity contribution in [1.29, 1.82) is 0 Å². The van der Waals surface area contributed by atoms with Crippen LogP contribution in [0.25, 0.3) is 0 Å². The Morgan fingerprint density at radius 3 is 2.67 bits per heavy atom. The number of carbonyl (C=O) groups excluding carboxylic acids is 1. The molecule has 1 aliphatic carbocycles. The van der Waals surface area contributed by atoms with Crippen molar-refractivity contribution in [3.63, 3.8) is 0 Å². The summed E-state index contributed by atoms with van der Waals surface area (Å²) in [6.07, 6.45) is 5.58. The molecule has 0 radical (unpaired) electrons. The van der Waals surface area contributed by atoms with Crippen molar-refractivity contribution in [2.75, 3.05) is 6.54 Å². The Hall–Kier alpha value is -2.12. The highest BCUT2D eigenvalue weighted by atomic mass is 16.4. The molecule has 1 saturated carbocycles. The molecule has 0 atom stereocenters. The standard InChI is InChI=1S/C16H24N4O4/c21-13(11-16(14(22)23)6-3-7-16)17-8-4-10-20-15(24)19-9-2-1-5-12(19)18-20/h1-11H2,(H,17,21)(H,22,23). The molecule has 3 rings (SSSR count). The predicted octanol–water partition coefficient (Wildman–Crippen LogP) is 0.532. The zero-order valence-electron chi connectivity index (χ0n) is 13.8. The van der Waals surface area contributed by atoms with Crippen LogP contribution in [0.4, 0.5) is 0 Å². The molecule has 24 heavy (non-hydrogen) atoms. The molecule has 8 nitrogen and oxygen atoms in total. The summed E-state index contributed by atoms with van der Waals surface area (Å²) < 4.78 is 3.20. The van der Waals surface area contributed by atoms with Crippen LogP contribution in [0.5, 0.6) is 0 Å². The molecule has 0 spiro atoms. The van der Waals surface area contributed by atoms with Crippen LogP contribution in [0.15, 0.2) is 4.79 Å². The molecule has 0 saturated heterocycles. The fraction of sp³-hybridized carbons (Fsp3) is 0.750. The van der Waals surface area contributed by atoms with Crippen LogP contribution in [-0.2, 0) is 29.1 Å². The van der Waals surface area contributed by atoms with Gasteiger partial charge in [0.15, 0.2) is 0 Å². The molecule has 0 bridgehead atoms. The number of aromatic nitrogens is 3. The Labute approximate surface area is 139 Å². The number of fused-ring (bicyclic) bond motifs is 1. The summed E-state index contributed by atoms with van der Waals surface area (Å²) in [7, 11) is 0. The third-order valence-corrected chi connectivity index (χ3v) is 5.16. The highest BCUT2D eigenvalue weighted by Crippen LogP contribution is 2.44. The molecule has 1 aliphatic heterocycles. The molecule has 0 aromatic carbocycles. The first-order chi connectivity index (χ1) is 11.5. The number of carboxylic acid groups (broad SMARTS) is 1. The van der Waals surface area contributed by atoms with Crippen LogP contribution in [-0.4, -0.2) is 37.9 Å². The lowest BCUT2D eigenvalue weighted by atomic mass is 9.66. The van der Waals surface area contributed by atoms with Crippen molar-refractivity contribution < 1.29 is 14.7 Å². The lowest BCUT2D eigenvalue weighted by Crippen LogP contribution is -2.42. The van der Waals surface area contributed by atoms with Gasteiger partial charge in [-0.15, -0.1) is 0 Å². The number of carboxylic acids is 1. The molecule has 0 unspecified atom stereocenters. The molecule has 2 aliphatic rings. The topological polar surface area (TPSA) is 106 Å². The van der Waals surface area contributed by atoms with Gasteiger partial charge in [0.2, 0.25) is 5.91 Å². The minimum Gasteiger partial charge on any atom is -0.481 e. The third-order valence-electron chi connectivity index (χ3n) is 5.16. The van der Waals surface area contributed by atoms with E-state index in [1.165, 1.54) is 4.68 Å². The first kappa shape index (κ1) is 16.7. The largest absolute Gasteiger partial charge is 0.481 e. The second-order valence-electron chi connectivity index (χ2n) is 6.85. The molecular weight excluding hydrogens is 312 g/mol. The number of carbonyl (C=O) groups is 2. The quantitative estimate of drug-likeness (QED) is 0.707. The Morgan fingerprint density at radius 1 is 1.25 bits per heavy atom. The highest BCUT2D eigenvalue weighted by molar-refractivity contribution is 5.85. The van der Waals surface area contributed by atoms with Crippen molar-refractivity contribution in [2.45, 2.75) is 64.5 Å². The van der Waals surface area contributed by atoms with Gasteiger partial charge in [-0.05, 0) is 32.1 Å². The fourth-order valence-corrected chi connectivity index (χ4v) is 3.49. The van der Waals surface area contributed by atoms with Gasteiger partial charge in [-0.1, -0.05) is 6.42 Å². The summed E-state index contributed by atoms with van der Waals surface area (Å²) in [5, 5.41) is 16.3. The van der Waals surface area contributed by atoms with Gasteiger partial charge in [0, 0.05) is 32.5 Å². The minimum absolute atomic E-state index is 0.0427. The number of hydrogen-bond acceptors (Lipinski definition) is 4. The smallest absolute Gasteiger partial charge is 0.345 e. The molecule has 2 N–H and O–H groups in total. The van der Waals surface area contributed by atoms with Crippen molar-refractivity contribution in [3.8, 4) is 0 Å². The van der Waals surface area contributed by atoms with E-state index in [0.29, 0.717) is 32.4 Å². The number of amides is 1. The van der Waals surface area contributed by atoms with E-state index in [0.717, 1.165) is 38.1 Å². The Morgan fingerprint density at radius 2 is 2.04 bits per heavy atom. The SMILES string of the molecule is O=C(CC1(C(=O)O)CCC1)NCCCn1nc2n(c1=O)CCCC2. The van der Waals surface area contributed by atoms with Crippen LogP contribution in [0.1, 0.15) is 50.8 Å². The Kier molecular flexibility index (Phi) is 4.73. The normalized spacial score (nSPS) is 18.5. The average molecular weight is 336 g/mol. The van der Waals surface area contributed by atoms with Crippen molar-refractivity contribution in [1.82, 2.24) is 19.7 Å². The first-order valence-electron chi connectivity index (χ1n) is 8.68. The van der Waals surface area contributed by atoms with E-state index in [1.807, 2.05) is 0 Å². The van der Waals surface area contributed by atoms with Crippen LogP contribution >= 0.6 is 0 Å². The van der Waals surface area contributed by atoms with E-state index in [9.17, 15) is 19.5 Å². The van der Waals surface area contributed by atoms with Gasteiger partial charge in [-0.25, -0.2) is 9.48 Å². The molecule has 1 amide bonds. The van der Waals surface area contributed by atoms with E-state index in [2.05, 4.69) is 10.4 Å². The number of aliphatic carboxylic acids is 1. The summed E-state index contributed by atoms with van der Waals surface area (Å²) in [5.74, 6) is -0.253. The Bertz CT molecular complexity index is 687. The van der Waals surface area contributed by atoms with Crippen molar-refractivity contribution in [3.05, 3.63) is 16.3 Å². The maximum atomic E-state index is 12.2. The maximum absolute atomic E-state index is 12.2. The van der Waals surface area contributed by atoms with Crippen molar-refractivity contribution in [2.24, 2.45) is 5.41 Å². The summed E-state index contributed by atoms with van der Waals surface area (Å²) in [6, 6.07) is 0. The third kappa shape index (κ3) is 3.22. The monoisotopic (exact) mass is 336 g/mol. The van der Waals surface area contributed by atoms with Gasteiger partial charge in [0.25, 0.3) is 0 Å². The number of nitrogens with zero attached hydrogens (tertiary/aromatic N) is 3. The van der Waals surface area contributed by atoms with E-state index < -0.39 is 11.4 Å². The van der Waals surface area contributed by atoms with Gasteiger partial charge in [-0.3, -0.25) is 14.2 Å². The minimum atomic E-state index is -0.876.